The summed E-state index contributed by atoms with van der Waals surface area (Å²) >= 11 is 1.45. The van der Waals surface area contributed by atoms with Crippen LogP contribution in [0.2, 0.25) is 0 Å². The SMILES string of the molecule is C=C/C=C(Nc1ncc(C(=O)NC)cc1NSc1ccccc1)\C(C)=C/C. The molecular weight excluding hydrogens is 356 g/mol. The molecule has 0 fully saturated rings. The lowest BCUT2D eigenvalue weighted by Crippen LogP contribution is -2.18. The minimum Gasteiger partial charge on any atom is -0.355 e. The van der Waals surface area contributed by atoms with Crippen molar-refractivity contribution < 1.29 is 4.79 Å². The minimum atomic E-state index is -0.187. The van der Waals surface area contributed by atoms with E-state index in [1.807, 2.05) is 56.3 Å². The first kappa shape index (κ1) is 20.3. The molecule has 0 unspecified atom stereocenters. The summed E-state index contributed by atoms with van der Waals surface area (Å²) in [6.45, 7) is 7.75. The Morgan fingerprint density at radius 1 is 1.26 bits per heavy atom. The lowest BCUT2D eigenvalue weighted by Gasteiger charge is -2.16. The molecular formula is C21H24N4OS. The predicted molar refractivity (Wildman–Crippen MR) is 115 cm³/mol. The highest BCUT2D eigenvalue weighted by Gasteiger charge is 2.12. The Balaban J connectivity index is 2.35. The van der Waals surface area contributed by atoms with Crippen LogP contribution in [0.4, 0.5) is 11.5 Å². The quantitative estimate of drug-likeness (QED) is 0.444. The van der Waals surface area contributed by atoms with E-state index in [4.69, 9.17) is 0 Å². The summed E-state index contributed by atoms with van der Waals surface area (Å²) in [5.74, 6) is 0.439. The highest BCUT2D eigenvalue weighted by molar-refractivity contribution is 8.00. The van der Waals surface area contributed by atoms with E-state index < -0.39 is 0 Å². The molecule has 0 saturated carbocycles. The third-order valence-corrected chi connectivity index (χ3v) is 4.62. The predicted octanol–water partition coefficient (Wildman–Crippen LogP) is 5.01. The zero-order valence-corrected chi connectivity index (χ0v) is 16.6. The van der Waals surface area contributed by atoms with E-state index in [-0.39, 0.29) is 5.91 Å². The summed E-state index contributed by atoms with van der Waals surface area (Å²) in [6, 6.07) is 11.7. The highest BCUT2D eigenvalue weighted by Crippen LogP contribution is 2.28. The molecule has 2 aromatic rings. The number of benzene rings is 1. The Hall–Kier alpha value is -2.99. The Morgan fingerprint density at radius 3 is 2.63 bits per heavy atom. The van der Waals surface area contributed by atoms with Crippen LogP contribution in [0.15, 0.2) is 83.6 Å². The minimum absolute atomic E-state index is 0.187. The van der Waals surface area contributed by atoms with E-state index in [1.54, 1.807) is 25.4 Å². The van der Waals surface area contributed by atoms with Crippen molar-refractivity contribution in [2.24, 2.45) is 0 Å². The molecule has 0 saturated heterocycles. The Labute approximate surface area is 164 Å². The van der Waals surface area contributed by atoms with Crippen molar-refractivity contribution >= 4 is 29.4 Å². The number of nitrogens with zero attached hydrogens (tertiary/aromatic N) is 1. The van der Waals surface area contributed by atoms with Crippen LogP contribution in [0.3, 0.4) is 0 Å². The van der Waals surface area contributed by atoms with Gasteiger partial charge in [-0.3, -0.25) is 4.79 Å². The van der Waals surface area contributed by atoms with Crippen molar-refractivity contribution in [3.05, 3.63) is 84.2 Å². The fraction of sp³-hybridized carbons (Fsp3) is 0.143. The average molecular weight is 381 g/mol. The Bertz CT molecular complexity index is 860. The number of hydrogen-bond acceptors (Lipinski definition) is 5. The molecule has 0 aliphatic rings. The van der Waals surface area contributed by atoms with E-state index in [2.05, 4.69) is 26.9 Å². The van der Waals surface area contributed by atoms with E-state index in [1.165, 1.54) is 11.9 Å². The van der Waals surface area contributed by atoms with Gasteiger partial charge < -0.3 is 15.4 Å². The maximum absolute atomic E-state index is 12.0. The standard InChI is InChI=1S/C21H24N4OS/c1-5-10-18(15(3)6-2)24-20-19(13-16(14-23-20)21(26)22-4)25-27-17-11-8-7-9-12-17/h5-14,25H,1H2,2-4H3,(H,22,26)(H,23,24)/b15-6-,18-10+. The summed E-state index contributed by atoms with van der Waals surface area (Å²) in [6.07, 6.45) is 7.17. The number of pyridine rings is 1. The van der Waals surface area contributed by atoms with Gasteiger partial charge in [-0.15, -0.1) is 0 Å². The molecule has 140 valence electrons. The average Bonchev–Trinajstić information content (AvgIpc) is 2.72. The zero-order valence-electron chi connectivity index (χ0n) is 15.7. The summed E-state index contributed by atoms with van der Waals surface area (Å²) in [5.41, 5.74) is 3.15. The van der Waals surface area contributed by atoms with Gasteiger partial charge in [0.2, 0.25) is 0 Å². The topological polar surface area (TPSA) is 66.0 Å². The fourth-order valence-electron chi connectivity index (χ4n) is 2.19. The summed E-state index contributed by atoms with van der Waals surface area (Å²) < 4.78 is 3.29. The van der Waals surface area contributed by atoms with Crippen molar-refractivity contribution in [3.8, 4) is 0 Å². The van der Waals surface area contributed by atoms with Gasteiger partial charge in [0.15, 0.2) is 5.82 Å². The van der Waals surface area contributed by atoms with Crippen LogP contribution >= 0.6 is 11.9 Å². The number of carbonyl (C=O) groups excluding carboxylic acids is 1. The first-order valence-electron chi connectivity index (χ1n) is 8.52. The number of carbonyl (C=O) groups is 1. The van der Waals surface area contributed by atoms with Gasteiger partial charge in [0.25, 0.3) is 5.91 Å². The summed E-state index contributed by atoms with van der Waals surface area (Å²) in [7, 11) is 1.60. The molecule has 0 bridgehead atoms. The molecule has 1 aromatic carbocycles. The molecule has 2 rings (SSSR count). The maximum atomic E-state index is 12.0. The van der Waals surface area contributed by atoms with Gasteiger partial charge >= 0.3 is 0 Å². The molecule has 0 aliphatic heterocycles. The van der Waals surface area contributed by atoms with E-state index in [0.29, 0.717) is 17.1 Å². The van der Waals surface area contributed by atoms with Gasteiger partial charge in [-0.2, -0.15) is 0 Å². The third kappa shape index (κ3) is 5.76. The maximum Gasteiger partial charge on any atom is 0.252 e. The number of rotatable bonds is 8. The molecule has 5 nitrogen and oxygen atoms in total. The van der Waals surface area contributed by atoms with Gasteiger partial charge in [-0.05, 0) is 55.6 Å². The van der Waals surface area contributed by atoms with Crippen molar-refractivity contribution in [3.63, 3.8) is 0 Å². The molecule has 0 aliphatic carbocycles. The van der Waals surface area contributed by atoms with Gasteiger partial charge in [0.1, 0.15) is 0 Å². The first-order valence-corrected chi connectivity index (χ1v) is 9.33. The van der Waals surface area contributed by atoms with Crippen LogP contribution in [0.25, 0.3) is 0 Å². The number of anilines is 2. The zero-order chi connectivity index (χ0) is 19.6. The number of nitrogens with one attached hydrogen (secondary N) is 3. The molecule has 1 amide bonds. The number of amides is 1. The first-order chi connectivity index (χ1) is 13.1. The van der Waals surface area contributed by atoms with Crippen LogP contribution in [0, 0.1) is 0 Å². The second-order valence-electron chi connectivity index (χ2n) is 5.63. The van der Waals surface area contributed by atoms with Crippen LogP contribution in [0.1, 0.15) is 24.2 Å². The molecule has 1 aromatic heterocycles. The van der Waals surface area contributed by atoms with Gasteiger partial charge in [0, 0.05) is 23.8 Å². The molecule has 27 heavy (non-hydrogen) atoms. The number of allylic oxidation sites excluding steroid dienone is 4. The fourth-order valence-corrected chi connectivity index (χ4v) is 2.86. The van der Waals surface area contributed by atoms with Crippen LogP contribution < -0.4 is 15.4 Å². The highest BCUT2D eigenvalue weighted by atomic mass is 32.2. The van der Waals surface area contributed by atoms with Crippen molar-refractivity contribution in [2.75, 3.05) is 17.1 Å². The summed E-state index contributed by atoms with van der Waals surface area (Å²) in [4.78, 5) is 17.5. The second kappa shape index (κ2) is 10.2. The Morgan fingerprint density at radius 2 is 2.00 bits per heavy atom. The normalized spacial score (nSPS) is 11.7. The van der Waals surface area contributed by atoms with E-state index in [9.17, 15) is 4.79 Å². The lowest BCUT2D eigenvalue weighted by molar-refractivity contribution is 0.0963. The molecule has 0 radical (unpaired) electrons. The van der Waals surface area contributed by atoms with Gasteiger partial charge in [0.05, 0.1) is 11.3 Å². The van der Waals surface area contributed by atoms with E-state index >= 15 is 0 Å². The number of hydrogen-bond donors (Lipinski definition) is 3. The van der Waals surface area contributed by atoms with Crippen LogP contribution in [-0.4, -0.2) is 17.9 Å². The lowest BCUT2D eigenvalue weighted by atomic mass is 10.2. The number of aromatic nitrogens is 1. The van der Waals surface area contributed by atoms with E-state index in [0.717, 1.165) is 16.2 Å². The van der Waals surface area contributed by atoms with Crippen molar-refractivity contribution in [1.29, 1.82) is 0 Å². The van der Waals surface area contributed by atoms with Crippen LogP contribution in [-0.2, 0) is 0 Å². The van der Waals surface area contributed by atoms with Gasteiger partial charge in [-0.1, -0.05) is 36.9 Å². The van der Waals surface area contributed by atoms with Crippen molar-refractivity contribution in [2.45, 2.75) is 18.7 Å². The molecule has 1 heterocycles. The Kier molecular flexibility index (Phi) is 7.70. The second-order valence-corrected chi connectivity index (χ2v) is 6.51. The smallest absolute Gasteiger partial charge is 0.252 e. The molecule has 6 heteroatoms. The monoisotopic (exact) mass is 380 g/mol. The van der Waals surface area contributed by atoms with Crippen molar-refractivity contribution in [1.82, 2.24) is 10.3 Å². The third-order valence-electron chi connectivity index (χ3n) is 3.79. The molecule has 3 N–H and O–H groups in total. The van der Waals surface area contributed by atoms with Crippen LogP contribution in [0.5, 0.6) is 0 Å². The molecule has 0 atom stereocenters. The largest absolute Gasteiger partial charge is 0.355 e. The summed E-state index contributed by atoms with van der Waals surface area (Å²) in [5, 5.41) is 5.95. The molecule has 0 spiro atoms. The van der Waals surface area contributed by atoms with Gasteiger partial charge in [-0.25, -0.2) is 4.98 Å².